The maximum atomic E-state index is 14.0. The van der Waals surface area contributed by atoms with Gasteiger partial charge in [0.1, 0.15) is 5.82 Å². The minimum absolute atomic E-state index is 0.192. The Bertz CT molecular complexity index is 1120. The summed E-state index contributed by atoms with van der Waals surface area (Å²) in [5.74, 6) is -0.463. The third kappa shape index (κ3) is 4.77. The van der Waals surface area contributed by atoms with E-state index in [1.165, 1.54) is 12.1 Å². The van der Waals surface area contributed by atoms with Gasteiger partial charge in [-0.05, 0) is 71.7 Å². The van der Waals surface area contributed by atoms with Gasteiger partial charge >= 0.3 is 0 Å². The SMILES string of the molecule is CCN(CC)CCN1CCc2[nH]c(/C=C3\C(=O)Nc4c(Br)cc(F)cc43)c(C)c2CCC1=O. The predicted octanol–water partition coefficient (Wildman–Crippen LogP) is 4.38. The molecule has 0 spiro atoms. The summed E-state index contributed by atoms with van der Waals surface area (Å²) in [6.45, 7) is 10.5. The summed E-state index contributed by atoms with van der Waals surface area (Å²) in [5.41, 5.74) is 5.70. The number of H-pyrrole nitrogens is 1. The van der Waals surface area contributed by atoms with Gasteiger partial charge in [0.15, 0.2) is 0 Å². The number of benzene rings is 1. The van der Waals surface area contributed by atoms with E-state index >= 15 is 0 Å². The molecule has 0 bridgehead atoms. The Balaban J connectivity index is 1.59. The van der Waals surface area contributed by atoms with Crippen LogP contribution in [0.4, 0.5) is 10.1 Å². The molecule has 3 heterocycles. The summed E-state index contributed by atoms with van der Waals surface area (Å²) in [6.07, 6.45) is 3.69. The maximum absolute atomic E-state index is 14.0. The molecule has 8 heteroatoms. The van der Waals surface area contributed by atoms with Crippen molar-refractivity contribution in [3.63, 3.8) is 0 Å². The molecule has 1 aromatic carbocycles. The second-order valence-corrected chi connectivity index (χ2v) is 9.46. The first-order valence-electron chi connectivity index (χ1n) is 11.5. The number of aromatic amines is 1. The largest absolute Gasteiger partial charge is 0.358 e. The first kappa shape index (κ1) is 23.7. The number of amides is 2. The van der Waals surface area contributed by atoms with Crippen molar-refractivity contribution >= 4 is 45.1 Å². The van der Waals surface area contributed by atoms with E-state index < -0.39 is 5.82 Å². The van der Waals surface area contributed by atoms with Crippen molar-refractivity contribution in [2.75, 3.05) is 38.0 Å². The number of likely N-dealkylation sites (N-methyl/N-ethyl adjacent to an activating group) is 1. The Morgan fingerprint density at radius 2 is 1.94 bits per heavy atom. The highest BCUT2D eigenvalue weighted by Gasteiger charge is 2.28. The minimum Gasteiger partial charge on any atom is -0.358 e. The topological polar surface area (TPSA) is 68.4 Å². The fourth-order valence-electron chi connectivity index (χ4n) is 4.72. The quantitative estimate of drug-likeness (QED) is 0.560. The fraction of sp³-hybridized carbons (Fsp3) is 0.440. The molecule has 0 radical (unpaired) electrons. The van der Waals surface area contributed by atoms with Gasteiger partial charge in [-0.15, -0.1) is 0 Å². The standard InChI is InChI=1S/C25H30BrFN4O2/c1-4-30(5-2)10-11-31-9-8-21-17(6-7-23(31)32)15(3)22(28-21)14-19-18-12-16(27)13-20(26)24(18)29-25(19)33/h12-14,28H,4-11H2,1-3H3,(H,29,33)/b19-14-. The number of rotatable bonds is 6. The van der Waals surface area contributed by atoms with Gasteiger partial charge in [0.25, 0.3) is 5.91 Å². The van der Waals surface area contributed by atoms with Crippen molar-refractivity contribution in [1.82, 2.24) is 14.8 Å². The highest BCUT2D eigenvalue weighted by Crippen LogP contribution is 2.39. The normalized spacial score (nSPS) is 17.3. The molecule has 176 valence electrons. The minimum atomic E-state index is -0.401. The molecular weight excluding hydrogens is 487 g/mol. The number of aromatic nitrogens is 1. The number of hydrogen-bond acceptors (Lipinski definition) is 3. The lowest BCUT2D eigenvalue weighted by molar-refractivity contribution is -0.131. The number of fused-ring (bicyclic) bond motifs is 2. The van der Waals surface area contributed by atoms with Crippen molar-refractivity contribution < 1.29 is 14.0 Å². The molecule has 1 aromatic heterocycles. The summed E-state index contributed by atoms with van der Waals surface area (Å²) in [4.78, 5) is 33.2. The molecule has 0 aliphatic carbocycles. The summed E-state index contributed by atoms with van der Waals surface area (Å²) in [7, 11) is 0. The predicted molar refractivity (Wildman–Crippen MR) is 133 cm³/mol. The van der Waals surface area contributed by atoms with E-state index in [1.54, 1.807) is 6.08 Å². The second-order valence-electron chi connectivity index (χ2n) is 8.60. The summed E-state index contributed by atoms with van der Waals surface area (Å²) in [6, 6.07) is 2.72. The van der Waals surface area contributed by atoms with Gasteiger partial charge in [0, 0.05) is 53.9 Å². The Kier molecular flexibility index (Phi) is 7.05. The first-order valence-corrected chi connectivity index (χ1v) is 12.3. The Hall–Kier alpha value is -2.45. The van der Waals surface area contributed by atoms with Crippen LogP contribution in [0.25, 0.3) is 11.6 Å². The Morgan fingerprint density at radius 3 is 2.67 bits per heavy atom. The smallest absolute Gasteiger partial charge is 0.256 e. The zero-order valence-electron chi connectivity index (χ0n) is 19.4. The lowest BCUT2D eigenvalue weighted by atomic mass is 9.99. The number of nitrogens with zero attached hydrogens (tertiary/aromatic N) is 2. The van der Waals surface area contributed by atoms with Crippen LogP contribution in [0, 0.1) is 12.7 Å². The molecule has 0 atom stereocenters. The van der Waals surface area contributed by atoms with Gasteiger partial charge in [-0.2, -0.15) is 0 Å². The van der Waals surface area contributed by atoms with E-state index in [4.69, 9.17) is 0 Å². The number of carbonyl (C=O) groups excluding carboxylic acids is 2. The molecule has 2 N–H and O–H groups in total. The number of hydrogen-bond donors (Lipinski definition) is 2. The van der Waals surface area contributed by atoms with E-state index in [9.17, 15) is 14.0 Å². The van der Waals surface area contributed by atoms with Crippen LogP contribution in [0.1, 0.15) is 48.3 Å². The van der Waals surface area contributed by atoms with E-state index in [0.29, 0.717) is 40.7 Å². The third-order valence-corrected chi connectivity index (χ3v) is 7.40. The molecule has 2 amide bonds. The van der Waals surface area contributed by atoms with Gasteiger partial charge in [0.2, 0.25) is 5.91 Å². The summed E-state index contributed by atoms with van der Waals surface area (Å²) in [5, 5.41) is 2.82. The second kappa shape index (κ2) is 9.81. The molecule has 33 heavy (non-hydrogen) atoms. The number of halogens is 2. The van der Waals surface area contributed by atoms with E-state index in [0.717, 1.165) is 55.1 Å². The molecule has 0 saturated carbocycles. The van der Waals surface area contributed by atoms with E-state index in [-0.39, 0.29) is 11.8 Å². The lowest BCUT2D eigenvalue weighted by Crippen LogP contribution is -2.40. The molecule has 0 unspecified atom stereocenters. The van der Waals surface area contributed by atoms with Gasteiger partial charge in [-0.3, -0.25) is 9.59 Å². The lowest BCUT2D eigenvalue weighted by Gasteiger charge is -2.28. The average Bonchev–Trinajstić information content (AvgIpc) is 3.24. The Labute approximate surface area is 202 Å². The zero-order valence-corrected chi connectivity index (χ0v) is 20.9. The van der Waals surface area contributed by atoms with Crippen LogP contribution in [-0.4, -0.2) is 59.3 Å². The molecule has 2 aromatic rings. The molecule has 0 fully saturated rings. The third-order valence-electron chi connectivity index (χ3n) is 6.78. The Morgan fingerprint density at radius 1 is 1.18 bits per heavy atom. The van der Waals surface area contributed by atoms with Gasteiger partial charge in [0.05, 0.1) is 11.3 Å². The van der Waals surface area contributed by atoms with Crippen molar-refractivity contribution in [3.05, 3.63) is 50.5 Å². The van der Waals surface area contributed by atoms with E-state index in [2.05, 4.69) is 45.0 Å². The summed E-state index contributed by atoms with van der Waals surface area (Å²) >= 11 is 3.33. The van der Waals surface area contributed by atoms with Crippen molar-refractivity contribution in [2.24, 2.45) is 0 Å². The molecule has 2 aliphatic heterocycles. The van der Waals surface area contributed by atoms with Crippen LogP contribution in [-0.2, 0) is 22.4 Å². The zero-order chi connectivity index (χ0) is 23.7. The monoisotopic (exact) mass is 516 g/mol. The molecule has 0 saturated heterocycles. The first-order chi connectivity index (χ1) is 15.8. The van der Waals surface area contributed by atoms with Gasteiger partial charge in [-0.25, -0.2) is 4.39 Å². The highest BCUT2D eigenvalue weighted by molar-refractivity contribution is 9.10. The van der Waals surface area contributed by atoms with Crippen molar-refractivity contribution in [1.29, 1.82) is 0 Å². The number of nitrogens with one attached hydrogen (secondary N) is 2. The number of anilines is 1. The van der Waals surface area contributed by atoms with E-state index in [1.807, 2.05) is 11.8 Å². The van der Waals surface area contributed by atoms with Crippen LogP contribution < -0.4 is 5.32 Å². The molecule has 4 rings (SSSR count). The number of carbonyl (C=O) groups is 2. The maximum Gasteiger partial charge on any atom is 0.256 e. The summed E-state index contributed by atoms with van der Waals surface area (Å²) < 4.78 is 14.5. The van der Waals surface area contributed by atoms with Crippen molar-refractivity contribution in [2.45, 2.75) is 40.0 Å². The van der Waals surface area contributed by atoms with Gasteiger partial charge in [-0.1, -0.05) is 13.8 Å². The fourth-order valence-corrected chi connectivity index (χ4v) is 5.25. The van der Waals surface area contributed by atoms with Crippen LogP contribution in [0.15, 0.2) is 16.6 Å². The molecular formula is C25H30BrFN4O2. The molecule has 6 nitrogen and oxygen atoms in total. The van der Waals surface area contributed by atoms with Crippen molar-refractivity contribution in [3.8, 4) is 0 Å². The molecule has 2 aliphatic rings. The van der Waals surface area contributed by atoms with Gasteiger partial charge < -0.3 is 20.1 Å². The average molecular weight is 517 g/mol. The van der Waals surface area contributed by atoms with Crippen LogP contribution in [0.2, 0.25) is 0 Å². The highest BCUT2D eigenvalue weighted by atomic mass is 79.9. The van der Waals surface area contributed by atoms with Crippen LogP contribution in [0.3, 0.4) is 0 Å². The van der Waals surface area contributed by atoms with Crippen LogP contribution in [0.5, 0.6) is 0 Å². The van der Waals surface area contributed by atoms with Crippen LogP contribution >= 0.6 is 15.9 Å².